The predicted octanol–water partition coefficient (Wildman–Crippen LogP) is 4.30. The summed E-state index contributed by atoms with van der Waals surface area (Å²) >= 11 is 0. The van der Waals surface area contributed by atoms with E-state index >= 15 is 0 Å². The third-order valence-corrected chi connectivity index (χ3v) is 7.22. The summed E-state index contributed by atoms with van der Waals surface area (Å²) in [5, 5.41) is 14.1. The first kappa shape index (κ1) is 27.6. The van der Waals surface area contributed by atoms with E-state index < -0.39 is 24.9 Å². The third kappa shape index (κ3) is 6.98. The van der Waals surface area contributed by atoms with Crippen LogP contribution in [0.3, 0.4) is 0 Å². The molecular weight excluding hydrogens is 523 g/mol. The number of carbonyl (C=O) groups is 2. The number of alkyl halides is 3. The molecule has 0 spiro atoms. The molecule has 0 aliphatic carbocycles. The Morgan fingerprint density at radius 3 is 2.65 bits per heavy atom. The van der Waals surface area contributed by atoms with E-state index in [0.29, 0.717) is 42.7 Å². The van der Waals surface area contributed by atoms with E-state index in [1.54, 1.807) is 35.0 Å². The van der Waals surface area contributed by atoms with Crippen molar-refractivity contribution in [2.24, 2.45) is 0 Å². The fourth-order valence-corrected chi connectivity index (χ4v) is 5.01. The molecule has 1 saturated heterocycles. The van der Waals surface area contributed by atoms with Crippen LogP contribution in [-0.2, 0) is 4.79 Å². The number of nitrogens with one attached hydrogen (secondary N) is 3. The lowest BCUT2D eigenvalue weighted by Crippen LogP contribution is -2.43. The lowest BCUT2D eigenvalue weighted by Gasteiger charge is -2.27. The average molecular weight is 556 g/mol. The molecule has 12 heteroatoms. The molecule has 1 aromatic carbocycles. The molecule has 2 aliphatic rings. The molecule has 212 valence electrons. The van der Waals surface area contributed by atoms with Crippen LogP contribution in [0.1, 0.15) is 54.4 Å². The van der Waals surface area contributed by atoms with E-state index in [-0.39, 0.29) is 12.5 Å². The van der Waals surface area contributed by atoms with Crippen molar-refractivity contribution in [1.29, 1.82) is 0 Å². The summed E-state index contributed by atoms with van der Waals surface area (Å²) in [5.41, 5.74) is 3.74. The third-order valence-electron chi connectivity index (χ3n) is 7.22. The fraction of sp³-hybridized carbons (Fsp3) is 0.429. The van der Waals surface area contributed by atoms with Gasteiger partial charge in [-0.3, -0.25) is 9.59 Å². The van der Waals surface area contributed by atoms with E-state index in [4.69, 9.17) is 0 Å². The minimum Gasteiger partial charge on any atom is -0.350 e. The lowest BCUT2D eigenvalue weighted by molar-refractivity contribution is -0.148. The Morgan fingerprint density at radius 2 is 1.95 bits per heavy atom. The van der Waals surface area contributed by atoms with Gasteiger partial charge in [0.1, 0.15) is 0 Å². The number of pyridine rings is 1. The van der Waals surface area contributed by atoms with Gasteiger partial charge in [0, 0.05) is 55.1 Å². The Morgan fingerprint density at radius 1 is 1.12 bits per heavy atom. The molecule has 2 aliphatic heterocycles. The number of fused-ring (bicyclic) bond motifs is 1. The molecule has 1 unspecified atom stereocenters. The normalized spacial score (nSPS) is 17.9. The highest BCUT2D eigenvalue weighted by molar-refractivity contribution is 5.94. The van der Waals surface area contributed by atoms with E-state index in [0.717, 1.165) is 29.8 Å². The molecule has 0 saturated carbocycles. The number of carbonyl (C=O) groups excluding carboxylic acids is 2. The standard InChI is InChI=1S/C28H32F3N7O2/c29-28(30,31)13-10-24(39)37-16-11-19(12-17-37)23-5-3-15-38-25(23)35-27(36-38)34-21-8-6-20(7-9-21)26(40)33-18-22-4-1-2-14-32-22/h3,5-9,11,15,22,32H,1-2,4,10,12-14,16-18H2,(H,33,40)(H,34,36). The number of hydrogen-bond donors (Lipinski definition) is 3. The summed E-state index contributed by atoms with van der Waals surface area (Å²) in [5.74, 6) is -0.228. The molecule has 40 heavy (non-hydrogen) atoms. The minimum absolute atomic E-state index is 0.115. The molecule has 1 atom stereocenters. The zero-order valence-corrected chi connectivity index (χ0v) is 22.0. The number of hydrogen-bond acceptors (Lipinski definition) is 6. The van der Waals surface area contributed by atoms with Gasteiger partial charge in [-0.2, -0.15) is 18.2 Å². The average Bonchev–Trinajstić information content (AvgIpc) is 3.38. The monoisotopic (exact) mass is 555 g/mol. The second-order valence-electron chi connectivity index (χ2n) is 10.1. The van der Waals surface area contributed by atoms with Crippen LogP contribution in [0.15, 0.2) is 48.7 Å². The number of nitrogens with zero attached hydrogens (tertiary/aromatic N) is 4. The van der Waals surface area contributed by atoms with E-state index in [1.165, 1.54) is 17.7 Å². The van der Waals surface area contributed by atoms with Crippen molar-refractivity contribution in [2.75, 3.05) is 31.5 Å². The molecule has 0 bridgehead atoms. The molecule has 3 aromatic rings. The Bertz CT molecular complexity index is 1380. The topological polar surface area (TPSA) is 104 Å². The zero-order chi connectivity index (χ0) is 28.1. The van der Waals surface area contributed by atoms with Crippen LogP contribution in [-0.4, -0.2) is 69.7 Å². The molecular formula is C28H32F3N7O2. The van der Waals surface area contributed by atoms with Crippen LogP contribution in [0.4, 0.5) is 24.8 Å². The van der Waals surface area contributed by atoms with Crippen LogP contribution in [0.25, 0.3) is 11.2 Å². The Kier molecular flexibility index (Phi) is 8.34. The van der Waals surface area contributed by atoms with Crippen LogP contribution >= 0.6 is 0 Å². The number of rotatable bonds is 8. The van der Waals surface area contributed by atoms with Gasteiger partial charge >= 0.3 is 6.18 Å². The Labute approximate surface area is 229 Å². The van der Waals surface area contributed by atoms with E-state index in [9.17, 15) is 22.8 Å². The maximum Gasteiger partial charge on any atom is 0.389 e. The second-order valence-corrected chi connectivity index (χ2v) is 10.1. The van der Waals surface area contributed by atoms with E-state index in [1.807, 2.05) is 18.2 Å². The van der Waals surface area contributed by atoms with Crippen LogP contribution in [0.2, 0.25) is 0 Å². The van der Waals surface area contributed by atoms with Crippen LogP contribution in [0, 0.1) is 0 Å². The van der Waals surface area contributed by atoms with Crippen molar-refractivity contribution >= 4 is 34.7 Å². The molecule has 9 nitrogen and oxygen atoms in total. The van der Waals surface area contributed by atoms with Crippen LogP contribution < -0.4 is 16.0 Å². The largest absolute Gasteiger partial charge is 0.389 e. The number of halogens is 3. The summed E-state index contributed by atoms with van der Waals surface area (Å²) < 4.78 is 39.1. The van der Waals surface area contributed by atoms with Crippen molar-refractivity contribution in [1.82, 2.24) is 30.1 Å². The van der Waals surface area contributed by atoms with Gasteiger partial charge in [-0.05, 0) is 67.8 Å². The highest BCUT2D eigenvalue weighted by atomic mass is 19.4. The predicted molar refractivity (Wildman–Crippen MR) is 145 cm³/mol. The molecule has 5 rings (SSSR count). The number of amides is 2. The van der Waals surface area contributed by atoms with Crippen LogP contribution in [0.5, 0.6) is 0 Å². The second kappa shape index (κ2) is 12.1. The van der Waals surface area contributed by atoms with Gasteiger partial charge in [-0.15, -0.1) is 5.10 Å². The zero-order valence-electron chi connectivity index (χ0n) is 22.0. The summed E-state index contributed by atoms with van der Waals surface area (Å²) in [4.78, 5) is 30.8. The molecule has 2 amide bonds. The number of benzene rings is 1. The highest BCUT2D eigenvalue weighted by Gasteiger charge is 2.29. The first-order valence-electron chi connectivity index (χ1n) is 13.5. The maximum atomic E-state index is 12.5. The summed E-state index contributed by atoms with van der Waals surface area (Å²) in [6, 6.07) is 11.2. The van der Waals surface area contributed by atoms with Gasteiger partial charge in [0.2, 0.25) is 11.9 Å². The number of aromatic nitrogens is 3. The van der Waals surface area contributed by atoms with Crippen molar-refractivity contribution in [2.45, 2.75) is 50.7 Å². The molecule has 2 aromatic heterocycles. The fourth-order valence-electron chi connectivity index (χ4n) is 5.01. The van der Waals surface area contributed by atoms with Gasteiger partial charge in [0.25, 0.3) is 5.91 Å². The first-order chi connectivity index (χ1) is 19.2. The smallest absolute Gasteiger partial charge is 0.350 e. The van der Waals surface area contributed by atoms with Crippen molar-refractivity contribution in [3.63, 3.8) is 0 Å². The van der Waals surface area contributed by atoms with E-state index in [2.05, 4.69) is 26.0 Å². The quantitative estimate of drug-likeness (QED) is 0.383. The number of piperidine rings is 1. The van der Waals surface area contributed by atoms with Crippen molar-refractivity contribution in [3.8, 4) is 0 Å². The summed E-state index contributed by atoms with van der Waals surface area (Å²) in [6.45, 7) is 2.20. The first-order valence-corrected chi connectivity index (χ1v) is 13.5. The molecule has 0 radical (unpaired) electrons. The Hall–Kier alpha value is -3.93. The van der Waals surface area contributed by atoms with Crippen molar-refractivity contribution in [3.05, 3.63) is 59.8 Å². The Balaban J connectivity index is 1.20. The molecule has 4 heterocycles. The minimum atomic E-state index is -4.34. The maximum absolute atomic E-state index is 12.5. The summed E-state index contributed by atoms with van der Waals surface area (Å²) in [6.07, 6.45) is 1.58. The van der Waals surface area contributed by atoms with Crippen molar-refractivity contribution < 1.29 is 22.8 Å². The summed E-state index contributed by atoms with van der Waals surface area (Å²) in [7, 11) is 0. The molecule has 3 N–H and O–H groups in total. The van der Waals surface area contributed by atoms with Gasteiger partial charge in [-0.25, -0.2) is 4.52 Å². The SMILES string of the molecule is O=C(NCC1CCCCN1)c1ccc(Nc2nc3c(C4=CCN(C(=O)CCC(F)(F)F)CC4)cccn3n2)cc1. The number of anilines is 2. The van der Waals surface area contributed by atoms with Gasteiger partial charge in [0.05, 0.1) is 6.42 Å². The lowest BCUT2D eigenvalue weighted by atomic mass is 10.00. The highest BCUT2D eigenvalue weighted by Crippen LogP contribution is 2.28. The van der Waals surface area contributed by atoms with Gasteiger partial charge in [-0.1, -0.05) is 12.5 Å². The molecule has 1 fully saturated rings. The van der Waals surface area contributed by atoms with Gasteiger partial charge < -0.3 is 20.9 Å². The van der Waals surface area contributed by atoms with Gasteiger partial charge in [0.15, 0.2) is 5.65 Å².